The van der Waals surface area contributed by atoms with E-state index in [1.54, 1.807) is 0 Å². The maximum atomic E-state index is 12.4. The van der Waals surface area contributed by atoms with Crippen LogP contribution >= 0.6 is 0 Å². The molecule has 0 aromatic heterocycles. The van der Waals surface area contributed by atoms with Gasteiger partial charge in [-0.1, -0.05) is 38.1 Å². The Morgan fingerprint density at radius 2 is 1.86 bits per heavy atom. The Labute approximate surface area is 127 Å². The molecule has 1 atom stereocenters. The summed E-state index contributed by atoms with van der Waals surface area (Å²) in [5.41, 5.74) is 2.93. The first kappa shape index (κ1) is 14.6. The van der Waals surface area contributed by atoms with Crippen molar-refractivity contribution in [3.05, 3.63) is 35.4 Å². The van der Waals surface area contributed by atoms with E-state index in [9.17, 15) is 4.79 Å². The molecule has 1 amide bonds. The molecule has 114 valence electrons. The molecule has 2 aliphatic rings. The first-order valence-electron chi connectivity index (χ1n) is 8.08. The molecular weight excluding hydrogens is 260 g/mol. The molecule has 0 radical (unpaired) electrons. The predicted octanol–water partition coefficient (Wildman–Crippen LogP) is 3.39. The highest BCUT2D eigenvalue weighted by atomic mass is 16.2. The van der Waals surface area contributed by atoms with Gasteiger partial charge < -0.3 is 4.90 Å². The zero-order valence-electron chi connectivity index (χ0n) is 13.4. The number of aryl methyl sites for hydroxylation is 1. The summed E-state index contributed by atoms with van der Waals surface area (Å²) in [6, 6.07) is 8.79. The lowest BCUT2D eigenvalue weighted by molar-refractivity contribution is -0.131. The average Bonchev–Trinajstić information content (AvgIpc) is 2.81. The Morgan fingerprint density at radius 1 is 1.19 bits per heavy atom. The van der Waals surface area contributed by atoms with Gasteiger partial charge in [-0.05, 0) is 49.1 Å². The lowest BCUT2D eigenvalue weighted by atomic mass is 9.75. The minimum atomic E-state index is 0.0601. The van der Waals surface area contributed by atoms with Crippen LogP contribution < -0.4 is 5.32 Å². The number of nitrogens with one attached hydrogen (secondary N) is 1. The molecule has 1 saturated carbocycles. The Balaban J connectivity index is 1.82. The molecule has 2 fully saturated rings. The first-order chi connectivity index (χ1) is 9.98. The van der Waals surface area contributed by atoms with Gasteiger partial charge in [0.2, 0.25) is 5.91 Å². The van der Waals surface area contributed by atoms with E-state index < -0.39 is 0 Å². The van der Waals surface area contributed by atoms with Crippen LogP contribution in [0, 0.1) is 12.3 Å². The van der Waals surface area contributed by atoms with Gasteiger partial charge in [-0.15, -0.1) is 0 Å². The van der Waals surface area contributed by atoms with E-state index in [1.807, 2.05) is 0 Å². The fraction of sp³-hybridized carbons (Fsp3) is 0.611. The summed E-state index contributed by atoms with van der Waals surface area (Å²) in [6.07, 6.45) is 4.74. The van der Waals surface area contributed by atoms with Crippen molar-refractivity contribution in [2.45, 2.75) is 58.7 Å². The highest BCUT2D eigenvalue weighted by molar-refractivity contribution is 5.81. The van der Waals surface area contributed by atoms with E-state index in [1.165, 1.54) is 24.0 Å². The van der Waals surface area contributed by atoms with Crippen molar-refractivity contribution in [1.82, 2.24) is 10.2 Å². The number of amides is 1. The lowest BCUT2D eigenvalue weighted by Crippen LogP contribution is -2.43. The summed E-state index contributed by atoms with van der Waals surface area (Å²) in [5, 5.41) is 3.41. The van der Waals surface area contributed by atoms with Gasteiger partial charge in [0.1, 0.15) is 6.17 Å². The van der Waals surface area contributed by atoms with Gasteiger partial charge in [0.15, 0.2) is 0 Å². The van der Waals surface area contributed by atoms with Crippen molar-refractivity contribution in [3.8, 4) is 0 Å². The number of benzene rings is 1. The standard InChI is InChI=1S/C18H26N2O/c1-13-6-4-5-7-15(13)17-19-12-16(21)20(17)14-8-10-18(2,3)11-9-14/h4-7,14,17,19H,8-12H2,1-3H3. The second kappa shape index (κ2) is 5.45. The third kappa shape index (κ3) is 2.84. The van der Waals surface area contributed by atoms with Crippen molar-refractivity contribution >= 4 is 5.91 Å². The summed E-state index contributed by atoms with van der Waals surface area (Å²) < 4.78 is 0. The summed E-state index contributed by atoms with van der Waals surface area (Å²) >= 11 is 0. The number of nitrogens with zero attached hydrogens (tertiary/aromatic N) is 1. The number of carbonyl (C=O) groups excluding carboxylic acids is 1. The van der Waals surface area contributed by atoms with Crippen LogP contribution in [-0.2, 0) is 4.79 Å². The van der Waals surface area contributed by atoms with E-state index in [2.05, 4.69) is 55.3 Å². The van der Waals surface area contributed by atoms with Gasteiger partial charge in [-0.25, -0.2) is 0 Å². The minimum Gasteiger partial charge on any atom is -0.319 e. The highest BCUT2D eigenvalue weighted by Gasteiger charge is 2.39. The van der Waals surface area contributed by atoms with Crippen molar-refractivity contribution in [1.29, 1.82) is 0 Å². The molecular formula is C18H26N2O. The van der Waals surface area contributed by atoms with Crippen LogP contribution in [0.4, 0.5) is 0 Å². The second-order valence-electron chi connectivity index (χ2n) is 7.34. The quantitative estimate of drug-likeness (QED) is 0.904. The Kier molecular flexibility index (Phi) is 3.78. The third-order valence-electron chi connectivity index (χ3n) is 5.20. The first-order valence-corrected chi connectivity index (χ1v) is 8.08. The fourth-order valence-corrected chi connectivity index (χ4v) is 3.75. The SMILES string of the molecule is Cc1ccccc1C1NCC(=O)N1C1CCC(C)(C)CC1. The monoisotopic (exact) mass is 286 g/mol. The highest BCUT2D eigenvalue weighted by Crippen LogP contribution is 2.40. The second-order valence-corrected chi connectivity index (χ2v) is 7.34. The predicted molar refractivity (Wildman–Crippen MR) is 84.8 cm³/mol. The summed E-state index contributed by atoms with van der Waals surface area (Å²) in [5.74, 6) is 0.257. The number of carbonyl (C=O) groups is 1. The molecule has 1 aromatic carbocycles. The van der Waals surface area contributed by atoms with Crippen molar-refractivity contribution in [2.24, 2.45) is 5.41 Å². The smallest absolute Gasteiger partial charge is 0.238 e. The molecule has 3 nitrogen and oxygen atoms in total. The van der Waals surface area contributed by atoms with Gasteiger partial charge in [-0.3, -0.25) is 10.1 Å². The Hall–Kier alpha value is -1.35. The summed E-state index contributed by atoms with van der Waals surface area (Å²) in [6.45, 7) is 7.28. The fourth-order valence-electron chi connectivity index (χ4n) is 3.75. The van der Waals surface area contributed by atoms with E-state index in [-0.39, 0.29) is 12.1 Å². The molecule has 1 aliphatic heterocycles. The summed E-state index contributed by atoms with van der Waals surface area (Å²) in [4.78, 5) is 14.5. The molecule has 1 aliphatic carbocycles. The molecule has 1 aromatic rings. The summed E-state index contributed by atoms with van der Waals surface area (Å²) in [7, 11) is 0. The zero-order chi connectivity index (χ0) is 15.0. The number of hydrogen-bond donors (Lipinski definition) is 1. The van der Waals surface area contributed by atoms with Gasteiger partial charge in [0.05, 0.1) is 6.54 Å². The Morgan fingerprint density at radius 3 is 2.52 bits per heavy atom. The topological polar surface area (TPSA) is 32.3 Å². The molecule has 1 N–H and O–H groups in total. The van der Waals surface area contributed by atoms with Gasteiger partial charge in [0, 0.05) is 6.04 Å². The van der Waals surface area contributed by atoms with Gasteiger partial charge in [0.25, 0.3) is 0 Å². The minimum absolute atomic E-state index is 0.0601. The van der Waals surface area contributed by atoms with E-state index in [0.717, 1.165) is 12.8 Å². The molecule has 3 rings (SSSR count). The molecule has 3 heteroatoms. The Bertz CT molecular complexity index is 528. The third-order valence-corrected chi connectivity index (χ3v) is 5.20. The molecule has 1 heterocycles. The molecule has 0 bridgehead atoms. The van der Waals surface area contributed by atoms with Gasteiger partial charge >= 0.3 is 0 Å². The maximum Gasteiger partial charge on any atom is 0.238 e. The normalized spacial score (nSPS) is 26.3. The zero-order valence-corrected chi connectivity index (χ0v) is 13.4. The van der Waals surface area contributed by atoms with Crippen LogP contribution in [0.5, 0.6) is 0 Å². The van der Waals surface area contributed by atoms with Crippen LogP contribution in [0.15, 0.2) is 24.3 Å². The largest absolute Gasteiger partial charge is 0.319 e. The van der Waals surface area contributed by atoms with E-state index >= 15 is 0 Å². The molecule has 0 spiro atoms. The van der Waals surface area contributed by atoms with Crippen molar-refractivity contribution < 1.29 is 4.79 Å². The van der Waals surface area contributed by atoms with Crippen LogP contribution in [-0.4, -0.2) is 23.4 Å². The van der Waals surface area contributed by atoms with Gasteiger partial charge in [-0.2, -0.15) is 0 Å². The maximum absolute atomic E-state index is 12.4. The number of hydrogen-bond acceptors (Lipinski definition) is 2. The number of rotatable bonds is 2. The lowest BCUT2D eigenvalue weighted by Gasteiger charge is -2.41. The van der Waals surface area contributed by atoms with Crippen LogP contribution in [0.1, 0.15) is 56.8 Å². The average molecular weight is 286 g/mol. The van der Waals surface area contributed by atoms with Crippen molar-refractivity contribution in [3.63, 3.8) is 0 Å². The van der Waals surface area contributed by atoms with Crippen LogP contribution in [0.25, 0.3) is 0 Å². The molecule has 1 unspecified atom stereocenters. The molecule has 21 heavy (non-hydrogen) atoms. The molecule has 1 saturated heterocycles. The van der Waals surface area contributed by atoms with E-state index in [0.29, 0.717) is 18.0 Å². The van der Waals surface area contributed by atoms with E-state index in [4.69, 9.17) is 0 Å². The van der Waals surface area contributed by atoms with Crippen LogP contribution in [0.2, 0.25) is 0 Å². The van der Waals surface area contributed by atoms with Crippen molar-refractivity contribution in [2.75, 3.05) is 6.54 Å². The van der Waals surface area contributed by atoms with Crippen LogP contribution in [0.3, 0.4) is 0 Å².